The van der Waals surface area contributed by atoms with E-state index in [1.165, 1.54) is 17.0 Å². The van der Waals surface area contributed by atoms with Crippen molar-refractivity contribution in [2.24, 2.45) is 5.92 Å². The van der Waals surface area contributed by atoms with E-state index >= 15 is 0 Å². The van der Waals surface area contributed by atoms with E-state index in [2.05, 4.69) is 9.88 Å². The zero-order valence-electron chi connectivity index (χ0n) is 18.8. The highest BCUT2D eigenvalue weighted by atomic mass is 35.5. The molecule has 0 bridgehead atoms. The van der Waals surface area contributed by atoms with Gasteiger partial charge in [0, 0.05) is 44.8 Å². The summed E-state index contributed by atoms with van der Waals surface area (Å²) in [6.45, 7) is 3.76. The number of likely N-dealkylation sites (N-methyl/N-ethyl adjacent to an activating group) is 1. The number of pyridine rings is 1. The Balaban J connectivity index is 1.52. The van der Waals surface area contributed by atoms with Gasteiger partial charge in [0.25, 0.3) is 0 Å². The lowest BCUT2D eigenvalue weighted by Crippen LogP contribution is -2.49. The van der Waals surface area contributed by atoms with E-state index in [1.54, 1.807) is 24.1 Å². The molecule has 0 saturated carbocycles. The lowest BCUT2D eigenvalue weighted by atomic mass is 9.93. The van der Waals surface area contributed by atoms with Crippen LogP contribution in [0.2, 0.25) is 5.02 Å². The number of anilines is 1. The fourth-order valence-electron chi connectivity index (χ4n) is 5.03. The Labute approximate surface area is 208 Å². The van der Waals surface area contributed by atoms with Crippen LogP contribution >= 0.6 is 23.2 Å². The average molecular weight is 509 g/mol. The molecule has 2 unspecified atom stereocenters. The molecule has 7 nitrogen and oxygen atoms in total. The minimum absolute atomic E-state index is 0.0258. The normalized spacial score (nSPS) is 24.8. The van der Waals surface area contributed by atoms with Gasteiger partial charge in [0.1, 0.15) is 11.6 Å². The smallest absolute Gasteiger partial charge is 0.407 e. The molecule has 4 rings (SSSR count). The first-order valence-corrected chi connectivity index (χ1v) is 12.1. The van der Waals surface area contributed by atoms with Crippen LogP contribution in [-0.2, 0) is 4.79 Å². The van der Waals surface area contributed by atoms with Gasteiger partial charge in [-0.2, -0.15) is 0 Å². The maximum Gasteiger partial charge on any atom is 0.407 e. The largest absolute Gasteiger partial charge is 0.465 e. The molecule has 0 aliphatic carbocycles. The predicted octanol–water partition coefficient (Wildman–Crippen LogP) is 4.30. The van der Waals surface area contributed by atoms with Gasteiger partial charge in [0.05, 0.1) is 22.4 Å². The summed E-state index contributed by atoms with van der Waals surface area (Å²) in [5.74, 6) is -0.488. The second kappa shape index (κ2) is 10.4. The zero-order valence-corrected chi connectivity index (χ0v) is 20.3. The topological polar surface area (TPSA) is 77.0 Å². The fraction of sp³-hybridized carbons (Fsp3) is 0.458. The van der Waals surface area contributed by atoms with Gasteiger partial charge in [0.2, 0.25) is 5.91 Å². The van der Waals surface area contributed by atoms with Gasteiger partial charge in [-0.05, 0) is 43.2 Å². The van der Waals surface area contributed by atoms with Gasteiger partial charge < -0.3 is 19.8 Å². The highest BCUT2D eigenvalue weighted by molar-refractivity contribution is 6.30. The number of hydrogen-bond donors (Lipinski definition) is 1. The second-order valence-electron chi connectivity index (χ2n) is 8.70. The van der Waals surface area contributed by atoms with E-state index in [0.717, 1.165) is 5.82 Å². The number of halogens is 3. The minimum atomic E-state index is -1.06. The highest BCUT2D eigenvalue weighted by Gasteiger charge is 2.44. The molecule has 0 radical (unpaired) electrons. The van der Waals surface area contributed by atoms with Crippen LogP contribution in [0.15, 0.2) is 42.6 Å². The number of alkyl halides is 1. The summed E-state index contributed by atoms with van der Waals surface area (Å²) in [5.41, 5.74) is 0.707. The summed E-state index contributed by atoms with van der Waals surface area (Å²) >= 11 is 12.7. The van der Waals surface area contributed by atoms with E-state index in [-0.39, 0.29) is 35.9 Å². The average Bonchev–Trinajstić information content (AvgIpc) is 3.26. The van der Waals surface area contributed by atoms with Crippen LogP contribution in [0.3, 0.4) is 0 Å². The van der Waals surface area contributed by atoms with Crippen LogP contribution in [0.5, 0.6) is 0 Å². The summed E-state index contributed by atoms with van der Waals surface area (Å²) < 4.78 is 13.8. The van der Waals surface area contributed by atoms with Crippen molar-refractivity contribution in [3.05, 3.63) is 59.0 Å². The first-order chi connectivity index (χ1) is 16.3. The Morgan fingerprint density at radius 1 is 1.24 bits per heavy atom. The molecule has 2 aromatic rings. The predicted molar refractivity (Wildman–Crippen MR) is 129 cm³/mol. The van der Waals surface area contributed by atoms with Crippen molar-refractivity contribution in [2.75, 3.05) is 37.6 Å². The van der Waals surface area contributed by atoms with Gasteiger partial charge in [-0.15, -0.1) is 11.6 Å². The Bertz CT molecular complexity index is 1040. The molecule has 2 saturated heterocycles. The Morgan fingerprint density at radius 2 is 2.03 bits per heavy atom. The van der Waals surface area contributed by atoms with Crippen LogP contribution in [-0.4, -0.2) is 76.0 Å². The maximum absolute atomic E-state index is 13.8. The summed E-state index contributed by atoms with van der Waals surface area (Å²) in [5, 5.41) is 9.33. The maximum atomic E-state index is 13.8. The van der Waals surface area contributed by atoms with Crippen molar-refractivity contribution < 1.29 is 19.1 Å². The SMILES string of the molecule is CCN(C(=O)O)[C@@H]1CN(C(=O)C2CCN(c3ccccn3)CC2Cl)C[C@H]1c1ccc(F)c(Cl)c1. The van der Waals surface area contributed by atoms with Crippen molar-refractivity contribution in [3.8, 4) is 0 Å². The van der Waals surface area contributed by atoms with Crippen molar-refractivity contribution >= 4 is 41.0 Å². The number of carbonyl (C=O) groups excluding carboxylic acids is 1. The zero-order chi connectivity index (χ0) is 24.4. The number of benzene rings is 1. The highest BCUT2D eigenvalue weighted by Crippen LogP contribution is 2.36. The first-order valence-electron chi connectivity index (χ1n) is 11.3. The number of aromatic nitrogens is 1. The quantitative estimate of drug-likeness (QED) is 0.609. The minimum Gasteiger partial charge on any atom is -0.465 e. The van der Waals surface area contributed by atoms with Crippen LogP contribution in [0.4, 0.5) is 15.0 Å². The van der Waals surface area contributed by atoms with Gasteiger partial charge in [-0.1, -0.05) is 23.7 Å². The molecule has 182 valence electrons. The van der Waals surface area contributed by atoms with Crippen LogP contribution in [0.1, 0.15) is 24.8 Å². The van der Waals surface area contributed by atoms with E-state index < -0.39 is 23.3 Å². The number of amides is 2. The summed E-state index contributed by atoms with van der Waals surface area (Å²) in [4.78, 5) is 34.9. The molecule has 4 atom stereocenters. The molecule has 2 aliphatic rings. The monoisotopic (exact) mass is 508 g/mol. The number of hydrogen-bond acceptors (Lipinski definition) is 4. The molecule has 1 N–H and O–H groups in total. The van der Waals surface area contributed by atoms with Gasteiger partial charge in [-0.25, -0.2) is 14.2 Å². The van der Waals surface area contributed by atoms with Crippen LogP contribution in [0, 0.1) is 11.7 Å². The number of rotatable bonds is 5. The third-order valence-electron chi connectivity index (χ3n) is 6.79. The number of piperidine rings is 1. The number of nitrogens with zero attached hydrogens (tertiary/aromatic N) is 4. The van der Waals surface area contributed by atoms with Crippen molar-refractivity contribution in [2.45, 2.75) is 30.7 Å². The fourth-order valence-corrected chi connectivity index (χ4v) is 5.62. The Morgan fingerprint density at radius 3 is 2.65 bits per heavy atom. The Hall–Kier alpha value is -2.58. The second-order valence-corrected chi connectivity index (χ2v) is 9.67. The van der Waals surface area contributed by atoms with Crippen molar-refractivity contribution in [1.82, 2.24) is 14.8 Å². The molecule has 34 heavy (non-hydrogen) atoms. The first kappa shape index (κ1) is 24.5. The van der Waals surface area contributed by atoms with E-state index in [9.17, 15) is 19.1 Å². The molecule has 2 amide bonds. The molecule has 2 aliphatic heterocycles. The van der Waals surface area contributed by atoms with Crippen molar-refractivity contribution in [1.29, 1.82) is 0 Å². The number of carbonyl (C=O) groups is 2. The Kier molecular flexibility index (Phi) is 7.48. The molecule has 2 fully saturated rings. The van der Waals surface area contributed by atoms with Crippen molar-refractivity contribution in [3.63, 3.8) is 0 Å². The van der Waals surface area contributed by atoms with E-state index in [1.807, 2.05) is 18.2 Å². The molecular formula is C24H27Cl2FN4O3. The third kappa shape index (κ3) is 4.93. The molecule has 10 heteroatoms. The van der Waals surface area contributed by atoms with Gasteiger partial charge >= 0.3 is 6.09 Å². The molecule has 0 spiro atoms. The summed E-state index contributed by atoms with van der Waals surface area (Å²) in [6.07, 6.45) is 1.25. The third-order valence-corrected chi connectivity index (χ3v) is 7.52. The molecule has 1 aromatic carbocycles. The lowest BCUT2D eigenvalue weighted by molar-refractivity contribution is -0.135. The van der Waals surface area contributed by atoms with Gasteiger partial charge in [-0.3, -0.25) is 4.79 Å². The lowest BCUT2D eigenvalue weighted by Gasteiger charge is -2.37. The van der Waals surface area contributed by atoms with E-state index in [4.69, 9.17) is 23.2 Å². The van der Waals surface area contributed by atoms with Gasteiger partial charge in [0.15, 0.2) is 0 Å². The number of carboxylic acid groups (broad SMARTS) is 1. The molecule has 1 aromatic heterocycles. The number of likely N-dealkylation sites (tertiary alicyclic amines) is 1. The van der Waals surface area contributed by atoms with E-state index in [0.29, 0.717) is 31.6 Å². The van der Waals surface area contributed by atoms with Crippen LogP contribution < -0.4 is 4.90 Å². The summed E-state index contributed by atoms with van der Waals surface area (Å²) in [7, 11) is 0. The molecule has 3 heterocycles. The van der Waals surface area contributed by atoms with Crippen LogP contribution in [0.25, 0.3) is 0 Å². The standard InChI is InChI=1S/C24H27Cl2FN4O3/c1-2-31(24(33)34)21-14-30(12-17(21)15-6-7-20(27)18(25)11-15)23(32)16-8-10-29(13-19(16)26)22-5-3-4-9-28-22/h3-7,9,11,16-17,19,21H,2,8,10,12-14H2,1H3,(H,33,34)/t16?,17-,19?,21+/m0/s1. The molecular weight excluding hydrogens is 482 g/mol. The summed E-state index contributed by atoms with van der Waals surface area (Å²) in [6, 6.07) is 9.63.